The Morgan fingerprint density at radius 2 is 1.57 bits per heavy atom. The summed E-state index contributed by atoms with van der Waals surface area (Å²) >= 11 is 1.66. The molecule has 4 amide bonds. The Bertz CT molecular complexity index is 1290. The van der Waals surface area contributed by atoms with Crippen molar-refractivity contribution in [2.75, 3.05) is 13.6 Å². The van der Waals surface area contributed by atoms with Gasteiger partial charge in [0.25, 0.3) is 0 Å². The number of thiazole rings is 1. The second kappa shape index (κ2) is 28.2. The first-order chi connectivity index (χ1) is 24.3. The van der Waals surface area contributed by atoms with Crippen molar-refractivity contribution in [2.24, 2.45) is 34.8 Å². The number of unbranched alkanes of at least 4 members (excludes halogenated alkanes) is 2. The van der Waals surface area contributed by atoms with Crippen molar-refractivity contribution in [3.8, 4) is 0 Å². The summed E-state index contributed by atoms with van der Waals surface area (Å²) in [6, 6.07) is 5.51. The summed E-state index contributed by atoms with van der Waals surface area (Å²) in [5, 5.41) is 6.57. The summed E-state index contributed by atoms with van der Waals surface area (Å²) in [6.45, 7) is 10.7. The van der Waals surface area contributed by atoms with Crippen molar-refractivity contribution in [2.45, 2.75) is 143 Å². The van der Waals surface area contributed by atoms with Gasteiger partial charge in [-0.1, -0.05) is 79.2 Å². The highest BCUT2D eigenvalue weighted by atomic mass is 32.1. The first kappa shape index (κ1) is 47.6. The number of primary amides is 2. The van der Waals surface area contributed by atoms with Crippen LogP contribution in [0.25, 0.3) is 10.2 Å². The van der Waals surface area contributed by atoms with Crippen molar-refractivity contribution in [1.82, 2.24) is 15.6 Å². The maximum absolute atomic E-state index is 12.3. The molecule has 0 spiro atoms. The lowest BCUT2D eigenvalue weighted by molar-refractivity contribution is -0.127. The van der Waals surface area contributed by atoms with E-state index in [1.807, 2.05) is 13.8 Å². The van der Waals surface area contributed by atoms with Crippen LogP contribution in [-0.2, 0) is 30.4 Å². The third-order valence-corrected chi connectivity index (χ3v) is 9.43. The van der Waals surface area contributed by atoms with Gasteiger partial charge >= 0.3 is 0 Å². The number of hydrogen-bond donors (Lipinski definition) is 6. The zero-order valence-corrected chi connectivity index (χ0v) is 32.8. The van der Waals surface area contributed by atoms with E-state index in [2.05, 4.69) is 59.1 Å². The van der Waals surface area contributed by atoms with Crippen molar-refractivity contribution >= 4 is 51.5 Å². The smallest absolute Gasteiger partial charge is 0.240 e. The number of fused-ring (bicyclic) bond motifs is 1. The van der Waals surface area contributed by atoms with E-state index in [1.54, 1.807) is 18.3 Å². The van der Waals surface area contributed by atoms with Crippen LogP contribution in [0.3, 0.4) is 0 Å². The van der Waals surface area contributed by atoms with E-state index in [9.17, 15) is 24.0 Å². The van der Waals surface area contributed by atoms with E-state index in [-0.39, 0.29) is 23.8 Å². The van der Waals surface area contributed by atoms with Crippen molar-refractivity contribution in [3.05, 3.63) is 28.8 Å². The van der Waals surface area contributed by atoms with E-state index in [1.165, 1.54) is 49.4 Å². The molecular weight excluding hydrogens is 667 g/mol. The zero-order valence-electron chi connectivity index (χ0n) is 32.0. The fourth-order valence-electron chi connectivity index (χ4n) is 5.48. The maximum atomic E-state index is 12.3. The number of carbonyl (C=O) groups is 5. The Morgan fingerprint density at radius 3 is 2.10 bits per heavy atom. The largest absolute Gasteiger partial charge is 0.370 e. The van der Waals surface area contributed by atoms with Crippen LogP contribution in [-0.4, -0.2) is 60.6 Å². The Balaban J connectivity index is 0.000000893. The summed E-state index contributed by atoms with van der Waals surface area (Å²) in [4.78, 5) is 60.6. The number of benzene rings is 1. The predicted molar refractivity (Wildman–Crippen MR) is 209 cm³/mol. The molecular formula is C38H67N7O5S. The number of aryl methyl sites for hydroxylation is 1. The zero-order chi connectivity index (χ0) is 38.8. The van der Waals surface area contributed by atoms with E-state index in [4.69, 9.17) is 11.5 Å². The van der Waals surface area contributed by atoms with Gasteiger partial charge in [-0.25, -0.2) is 4.98 Å². The number of nitrogens with zero attached hydrogens (tertiary/aromatic N) is 1. The van der Waals surface area contributed by atoms with Gasteiger partial charge in [0.15, 0.2) is 0 Å². The topological polar surface area (TPSA) is 226 Å². The van der Waals surface area contributed by atoms with Gasteiger partial charge in [-0.15, -0.1) is 11.3 Å². The average molecular weight is 734 g/mol. The van der Waals surface area contributed by atoms with E-state index in [0.29, 0.717) is 56.4 Å². The first-order valence-electron chi connectivity index (χ1n) is 18.6. The number of carbonyl (C=O) groups excluding carboxylic acids is 5. The molecule has 0 radical (unpaired) electrons. The van der Waals surface area contributed by atoms with Gasteiger partial charge in [0.1, 0.15) is 12.3 Å². The molecule has 12 nitrogen and oxygen atoms in total. The predicted octanol–water partition coefficient (Wildman–Crippen LogP) is 4.98. The normalized spacial score (nSPS) is 13.8. The average Bonchev–Trinajstić information content (AvgIpc) is 3.52. The highest BCUT2D eigenvalue weighted by Crippen LogP contribution is 2.28. The Morgan fingerprint density at radius 1 is 0.941 bits per heavy atom. The molecule has 1 saturated carbocycles. The minimum Gasteiger partial charge on any atom is -0.370 e. The first-order valence-corrected chi connectivity index (χ1v) is 19.4. The Kier molecular flexibility index (Phi) is 26.3. The SMILES string of the molecule is CC(C)CC(NC(=O)CCCCCN)C(N)=O.CC(C)c1ccc2nc(CCC(=O)NC(C=O)CC3CCCCC3)sc2c1.CCC(N)=O.CN. The third-order valence-electron chi connectivity index (χ3n) is 8.35. The molecule has 1 aromatic heterocycles. The van der Waals surface area contributed by atoms with E-state index >= 15 is 0 Å². The third kappa shape index (κ3) is 22.2. The summed E-state index contributed by atoms with van der Waals surface area (Å²) in [6.07, 6.45) is 13.0. The molecule has 1 fully saturated rings. The van der Waals surface area contributed by atoms with Gasteiger partial charge in [-0.05, 0) is 74.7 Å². The summed E-state index contributed by atoms with van der Waals surface area (Å²) < 4.78 is 1.18. The van der Waals surface area contributed by atoms with Crippen LogP contribution in [0.2, 0.25) is 0 Å². The van der Waals surface area contributed by atoms with Crippen LogP contribution in [0, 0.1) is 11.8 Å². The molecule has 0 bridgehead atoms. The van der Waals surface area contributed by atoms with Gasteiger partial charge in [-0.2, -0.15) is 0 Å². The Labute approximate surface area is 310 Å². The molecule has 0 saturated heterocycles. The molecule has 3 rings (SSSR count). The maximum Gasteiger partial charge on any atom is 0.240 e. The van der Waals surface area contributed by atoms with Crippen LogP contribution in [0.1, 0.15) is 135 Å². The van der Waals surface area contributed by atoms with Crippen molar-refractivity contribution < 1.29 is 24.0 Å². The molecule has 1 aliphatic rings. The number of aldehydes is 1. The van der Waals surface area contributed by atoms with Gasteiger partial charge in [0.05, 0.1) is 21.3 Å². The van der Waals surface area contributed by atoms with Crippen LogP contribution < -0.4 is 33.6 Å². The molecule has 2 atom stereocenters. The van der Waals surface area contributed by atoms with Crippen molar-refractivity contribution in [1.29, 1.82) is 0 Å². The lowest BCUT2D eigenvalue weighted by Crippen LogP contribution is -2.45. The van der Waals surface area contributed by atoms with Crippen LogP contribution in [0.15, 0.2) is 18.2 Å². The highest BCUT2D eigenvalue weighted by Gasteiger charge is 2.21. The molecule has 1 heterocycles. The Hall–Kier alpha value is -3.42. The molecule has 1 aliphatic carbocycles. The van der Waals surface area contributed by atoms with Crippen LogP contribution in [0.4, 0.5) is 0 Å². The number of rotatable bonds is 18. The lowest BCUT2D eigenvalue weighted by Gasteiger charge is -2.24. The number of amides is 4. The fourth-order valence-corrected chi connectivity index (χ4v) is 6.49. The second-order valence-electron chi connectivity index (χ2n) is 13.6. The van der Waals surface area contributed by atoms with E-state index in [0.717, 1.165) is 42.5 Å². The van der Waals surface area contributed by atoms with Crippen LogP contribution >= 0.6 is 11.3 Å². The molecule has 10 N–H and O–H groups in total. The molecule has 0 aliphatic heterocycles. The van der Waals surface area contributed by atoms with Gasteiger partial charge in [0, 0.05) is 25.7 Å². The van der Waals surface area contributed by atoms with Crippen molar-refractivity contribution in [3.63, 3.8) is 0 Å². The molecule has 13 heteroatoms. The highest BCUT2D eigenvalue weighted by molar-refractivity contribution is 7.18. The number of nitrogens with two attached hydrogens (primary N) is 4. The number of hydrogen-bond acceptors (Lipinski definition) is 9. The number of aromatic nitrogens is 1. The lowest BCUT2D eigenvalue weighted by atomic mass is 9.85. The fraction of sp³-hybridized carbons (Fsp3) is 0.684. The van der Waals surface area contributed by atoms with Crippen LogP contribution in [0.5, 0.6) is 0 Å². The quantitative estimate of drug-likeness (QED) is 0.0902. The molecule has 51 heavy (non-hydrogen) atoms. The van der Waals surface area contributed by atoms with Gasteiger partial charge in [-0.3, -0.25) is 19.2 Å². The minimum atomic E-state index is -0.544. The minimum absolute atomic E-state index is 0.0509. The second-order valence-corrected chi connectivity index (χ2v) is 14.7. The molecule has 2 aromatic rings. The van der Waals surface area contributed by atoms with E-state index < -0.39 is 11.9 Å². The molecule has 1 aromatic carbocycles. The summed E-state index contributed by atoms with van der Waals surface area (Å²) in [5.41, 5.74) is 22.1. The van der Waals surface area contributed by atoms with Gasteiger partial charge < -0.3 is 38.4 Å². The monoisotopic (exact) mass is 733 g/mol. The summed E-state index contributed by atoms with van der Waals surface area (Å²) in [5.74, 6) is 0.532. The van der Waals surface area contributed by atoms with Gasteiger partial charge in [0.2, 0.25) is 23.6 Å². The standard InChI is InChI=1S/C22H30N2O2S.C12H25N3O2.C3H7NO.CH5N/c1-15(2)17-8-9-19-20(13-17)27-22(24-19)11-10-21(26)23-18(14-25)12-16-6-4-3-5-7-16;1-9(2)8-10(12(14)17)15-11(16)6-4-3-5-7-13;1-2-3(4)5;1-2/h8-9,13-16,18H,3-7,10-12H2,1-2H3,(H,23,26);9-10H,3-8,13H2,1-2H3,(H2,14,17)(H,15,16);2H2,1H3,(H2,4,5);2H2,1H3. The number of nitrogens with one attached hydrogen (secondary N) is 2. The molecule has 290 valence electrons. The molecule has 2 unspecified atom stereocenters. The summed E-state index contributed by atoms with van der Waals surface area (Å²) in [7, 11) is 1.50.